The Kier molecular flexibility index (Phi) is 46.6. The number of carboxylic acids is 3. The molecule has 0 saturated carbocycles. The predicted molar refractivity (Wildman–Crippen MR) is 151 cm³/mol. The molecule has 218 valence electrons. The van der Waals surface area contributed by atoms with Crippen molar-refractivity contribution in [1.82, 2.24) is 5.32 Å². The average molecular weight is 521 g/mol. The molecule has 0 amide bonds. The van der Waals surface area contributed by atoms with Crippen molar-refractivity contribution in [2.45, 2.75) is 143 Å². The molecule has 0 spiro atoms. The third-order valence-corrected chi connectivity index (χ3v) is 5.03. The molecule has 0 aliphatic rings. The molecule has 0 fully saturated rings. The van der Waals surface area contributed by atoms with Crippen LogP contribution in [-0.2, 0) is 14.4 Å². The maximum absolute atomic E-state index is 9.00. The van der Waals surface area contributed by atoms with Crippen molar-refractivity contribution in [1.29, 1.82) is 0 Å². The first kappa shape index (κ1) is 41.5. The van der Waals surface area contributed by atoms with E-state index in [1.807, 2.05) is 0 Å². The van der Waals surface area contributed by atoms with Gasteiger partial charge in [-0.05, 0) is 13.0 Å². The Morgan fingerprint density at radius 1 is 0.500 bits per heavy atom. The Bertz CT molecular complexity index is 385. The lowest BCUT2D eigenvalue weighted by Gasteiger charge is -2.04. The minimum Gasteiger partial charge on any atom is -0.481 e. The minimum absolute atomic E-state index is 0.763. The number of rotatable bonds is 21. The molecule has 0 aromatic rings. The summed E-state index contributed by atoms with van der Waals surface area (Å²) in [4.78, 5) is 27.0. The van der Waals surface area contributed by atoms with Crippen molar-refractivity contribution in [3.05, 3.63) is 0 Å². The Morgan fingerprint density at radius 2 is 0.722 bits per heavy atom. The summed E-state index contributed by atoms with van der Waals surface area (Å²) >= 11 is 0. The first-order valence-electron chi connectivity index (χ1n) is 14.1. The van der Waals surface area contributed by atoms with Gasteiger partial charge in [-0.1, -0.05) is 116 Å². The van der Waals surface area contributed by atoms with E-state index < -0.39 is 17.9 Å². The molecule has 6 N–H and O–H groups in total. The van der Waals surface area contributed by atoms with Crippen LogP contribution in [0.5, 0.6) is 0 Å². The van der Waals surface area contributed by atoms with E-state index in [2.05, 4.69) is 12.2 Å². The molecule has 0 bridgehead atoms. The summed E-state index contributed by atoms with van der Waals surface area (Å²) in [5.41, 5.74) is 5.45. The van der Waals surface area contributed by atoms with Crippen LogP contribution >= 0.6 is 0 Å². The minimum atomic E-state index is -0.833. The van der Waals surface area contributed by atoms with Gasteiger partial charge in [0.25, 0.3) is 17.9 Å². The van der Waals surface area contributed by atoms with Crippen LogP contribution in [0.2, 0.25) is 0 Å². The number of unbranched alkanes of at least 4 members (excludes halogenated alkanes) is 17. The molecule has 0 aliphatic heterocycles. The van der Waals surface area contributed by atoms with Gasteiger partial charge < -0.3 is 26.4 Å². The normalized spacial score (nSPS) is 9.58. The van der Waals surface area contributed by atoms with Crippen LogP contribution in [-0.4, -0.2) is 52.9 Å². The summed E-state index contributed by atoms with van der Waals surface area (Å²) in [7, 11) is 0. The molecule has 8 heteroatoms. The van der Waals surface area contributed by atoms with Crippen LogP contribution in [0.3, 0.4) is 0 Å². The number of nitrogens with two attached hydrogens (primary N) is 1. The highest BCUT2D eigenvalue weighted by Gasteiger charge is 1.95. The molecule has 0 radical (unpaired) electrons. The van der Waals surface area contributed by atoms with E-state index in [1.54, 1.807) is 0 Å². The summed E-state index contributed by atoms with van der Waals surface area (Å²) in [5, 5.41) is 25.6. The molecule has 0 atom stereocenters. The van der Waals surface area contributed by atoms with Crippen molar-refractivity contribution < 1.29 is 29.7 Å². The monoisotopic (exact) mass is 520 g/mol. The van der Waals surface area contributed by atoms with Gasteiger partial charge in [0.1, 0.15) is 0 Å². The quantitative estimate of drug-likeness (QED) is 0.103. The first-order chi connectivity index (χ1) is 17.1. The highest BCUT2D eigenvalue weighted by Crippen LogP contribution is 2.14. The van der Waals surface area contributed by atoms with Gasteiger partial charge in [0.2, 0.25) is 0 Å². The summed E-state index contributed by atoms with van der Waals surface area (Å²) in [6.07, 6.45) is 26.0. The van der Waals surface area contributed by atoms with Gasteiger partial charge >= 0.3 is 0 Å². The average Bonchev–Trinajstić information content (AvgIpc) is 2.77. The highest BCUT2D eigenvalue weighted by molar-refractivity contribution is 5.63. The number of hydrogen-bond acceptors (Lipinski definition) is 5. The van der Waals surface area contributed by atoms with Crippen molar-refractivity contribution in [2.24, 2.45) is 5.73 Å². The van der Waals surface area contributed by atoms with Crippen molar-refractivity contribution in [2.75, 3.05) is 19.6 Å². The Morgan fingerprint density at radius 3 is 0.944 bits per heavy atom. The van der Waals surface area contributed by atoms with Gasteiger partial charge in [-0.3, -0.25) is 14.4 Å². The second-order valence-electron chi connectivity index (χ2n) is 9.11. The fraction of sp³-hybridized carbons (Fsp3) is 0.893. The predicted octanol–water partition coefficient (Wildman–Crippen LogP) is 6.85. The van der Waals surface area contributed by atoms with Crippen LogP contribution in [0.15, 0.2) is 0 Å². The number of hydrogen-bond donors (Lipinski definition) is 5. The van der Waals surface area contributed by atoms with Gasteiger partial charge in [-0.25, -0.2) is 0 Å². The lowest BCUT2D eigenvalue weighted by molar-refractivity contribution is -0.135. The van der Waals surface area contributed by atoms with Gasteiger partial charge in [-0.2, -0.15) is 0 Å². The molecular weight excluding hydrogens is 460 g/mol. The number of carboxylic acid groups (broad SMARTS) is 3. The van der Waals surface area contributed by atoms with Crippen molar-refractivity contribution >= 4 is 17.9 Å². The van der Waals surface area contributed by atoms with Crippen LogP contribution in [0, 0.1) is 0 Å². The lowest BCUT2D eigenvalue weighted by Crippen LogP contribution is -2.23. The van der Waals surface area contributed by atoms with E-state index in [9.17, 15) is 0 Å². The largest absolute Gasteiger partial charge is 0.481 e. The van der Waals surface area contributed by atoms with Gasteiger partial charge in [0, 0.05) is 33.9 Å². The number of aliphatic carboxylic acids is 3. The van der Waals surface area contributed by atoms with E-state index in [1.165, 1.54) is 116 Å². The zero-order chi connectivity index (χ0) is 28.3. The highest BCUT2D eigenvalue weighted by atomic mass is 16.4. The summed E-state index contributed by atoms with van der Waals surface area (Å²) < 4.78 is 0. The van der Waals surface area contributed by atoms with E-state index >= 15 is 0 Å². The van der Waals surface area contributed by atoms with E-state index in [0.717, 1.165) is 40.4 Å². The molecule has 36 heavy (non-hydrogen) atoms. The van der Waals surface area contributed by atoms with Crippen LogP contribution in [0.4, 0.5) is 0 Å². The van der Waals surface area contributed by atoms with Gasteiger partial charge in [0.05, 0.1) is 0 Å². The summed E-state index contributed by atoms with van der Waals surface area (Å²) in [5.74, 6) is -2.50. The SMILES string of the molecule is CC(=O)O.CC(=O)O.CC(=O)O.CCCCCCCCCCCCCCCCCCCCNCCN. The first-order valence-corrected chi connectivity index (χ1v) is 14.1. The molecule has 0 aromatic carbocycles. The molecule has 0 saturated heterocycles. The standard InChI is InChI=1S/C22H48N2.3C2H4O2/c1-2-3-4-5-6-7-8-9-10-11-12-13-14-15-16-17-18-19-21-24-22-20-23;3*1-2(3)4/h24H,2-23H2,1H3;3*1H3,(H,3,4). The molecular formula is C28H60N2O6. The lowest BCUT2D eigenvalue weighted by atomic mass is 10.0. The fourth-order valence-corrected chi connectivity index (χ4v) is 3.38. The molecule has 8 nitrogen and oxygen atoms in total. The van der Waals surface area contributed by atoms with Crippen LogP contribution in [0.25, 0.3) is 0 Å². The smallest absolute Gasteiger partial charge is 0.300 e. The van der Waals surface area contributed by atoms with E-state index in [0.29, 0.717) is 0 Å². The zero-order valence-electron chi connectivity index (χ0n) is 24.0. The van der Waals surface area contributed by atoms with Gasteiger partial charge in [0.15, 0.2) is 0 Å². The maximum atomic E-state index is 9.00. The molecule has 0 aromatic heterocycles. The molecule has 0 aliphatic carbocycles. The van der Waals surface area contributed by atoms with E-state index in [4.69, 9.17) is 35.4 Å². The zero-order valence-corrected chi connectivity index (χ0v) is 24.0. The second kappa shape index (κ2) is 40.5. The molecule has 0 heterocycles. The third-order valence-electron chi connectivity index (χ3n) is 5.03. The molecule has 0 rings (SSSR count). The Hall–Kier alpha value is -1.67. The fourth-order valence-electron chi connectivity index (χ4n) is 3.38. The van der Waals surface area contributed by atoms with Crippen LogP contribution in [0.1, 0.15) is 143 Å². The second-order valence-corrected chi connectivity index (χ2v) is 9.11. The third kappa shape index (κ3) is 84.9. The summed E-state index contributed by atoms with van der Waals surface area (Å²) in [6.45, 7) is 8.43. The van der Waals surface area contributed by atoms with Crippen molar-refractivity contribution in [3.8, 4) is 0 Å². The van der Waals surface area contributed by atoms with Gasteiger partial charge in [-0.15, -0.1) is 0 Å². The number of carbonyl (C=O) groups is 3. The molecule has 0 unspecified atom stereocenters. The number of nitrogens with one attached hydrogen (secondary N) is 1. The summed E-state index contributed by atoms with van der Waals surface area (Å²) in [6, 6.07) is 0. The maximum Gasteiger partial charge on any atom is 0.300 e. The Labute approximate surface area is 221 Å². The van der Waals surface area contributed by atoms with E-state index in [-0.39, 0.29) is 0 Å². The Balaban J connectivity index is -0.000000352. The topological polar surface area (TPSA) is 150 Å². The van der Waals surface area contributed by atoms with Crippen LogP contribution < -0.4 is 11.1 Å². The van der Waals surface area contributed by atoms with Crippen molar-refractivity contribution in [3.63, 3.8) is 0 Å².